The van der Waals surface area contributed by atoms with Gasteiger partial charge in [-0.2, -0.15) is 0 Å². The van der Waals surface area contributed by atoms with Crippen LogP contribution in [0.2, 0.25) is 5.02 Å². The molecule has 0 saturated carbocycles. The predicted molar refractivity (Wildman–Crippen MR) is 60.2 cm³/mol. The molecule has 2 amide bonds. The molecule has 1 aromatic rings. The van der Waals surface area contributed by atoms with E-state index in [0.29, 0.717) is 10.7 Å². The molecule has 0 fully saturated rings. The molecule has 0 aliphatic heterocycles. The molecule has 0 saturated heterocycles. The Balaban J connectivity index is 2.48. The van der Waals surface area contributed by atoms with Crippen LogP contribution in [0.1, 0.15) is 6.92 Å². The number of amides is 2. The maximum Gasteiger partial charge on any atom is 0.319 e. The lowest BCUT2D eigenvalue weighted by Crippen LogP contribution is -2.38. The summed E-state index contributed by atoms with van der Waals surface area (Å²) >= 11 is 5.69. The summed E-state index contributed by atoms with van der Waals surface area (Å²) in [7, 11) is 0. The van der Waals surface area contributed by atoms with Crippen LogP contribution in [0.5, 0.6) is 0 Å². The minimum Gasteiger partial charge on any atom is -0.394 e. The molecule has 0 aliphatic carbocycles. The Morgan fingerprint density at radius 1 is 1.47 bits per heavy atom. The standard InChI is InChI=1S/C10H13ClN2O2/c1-7(6-14)12-10(15)13-9-4-2-8(11)3-5-9/h2-5,7,14H,6H2,1H3,(H2,12,13,15)/t7-/m0/s1. The molecule has 0 radical (unpaired) electrons. The summed E-state index contributed by atoms with van der Waals surface area (Å²) in [5.74, 6) is 0. The average Bonchev–Trinajstić information content (AvgIpc) is 2.21. The monoisotopic (exact) mass is 228 g/mol. The fraction of sp³-hybridized carbons (Fsp3) is 0.300. The van der Waals surface area contributed by atoms with Gasteiger partial charge in [0.15, 0.2) is 0 Å². The van der Waals surface area contributed by atoms with Gasteiger partial charge in [0, 0.05) is 10.7 Å². The average molecular weight is 229 g/mol. The molecular formula is C10H13ClN2O2. The smallest absolute Gasteiger partial charge is 0.319 e. The number of halogens is 1. The molecule has 0 heterocycles. The molecule has 0 spiro atoms. The predicted octanol–water partition coefficient (Wildman–Crippen LogP) is 1.84. The van der Waals surface area contributed by atoms with E-state index >= 15 is 0 Å². The van der Waals surface area contributed by atoms with Crippen molar-refractivity contribution in [3.63, 3.8) is 0 Å². The Labute approximate surface area is 93.2 Å². The van der Waals surface area contributed by atoms with Gasteiger partial charge in [0.1, 0.15) is 0 Å². The zero-order valence-corrected chi connectivity index (χ0v) is 9.08. The third-order valence-electron chi connectivity index (χ3n) is 1.75. The molecule has 0 aliphatic rings. The van der Waals surface area contributed by atoms with E-state index in [2.05, 4.69) is 10.6 Å². The third-order valence-corrected chi connectivity index (χ3v) is 2.01. The summed E-state index contributed by atoms with van der Waals surface area (Å²) in [5, 5.41) is 14.5. The molecule has 82 valence electrons. The first-order valence-corrected chi connectivity index (χ1v) is 4.93. The van der Waals surface area contributed by atoms with Gasteiger partial charge in [-0.3, -0.25) is 0 Å². The minimum absolute atomic E-state index is 0.0892. The molecule has 0 aromatic heterocycles. The van der Waals surface area contributed by atoms with Gasteiger partial charge >= 0.3 is 6.03 Å². The molecule has 0 unspecified atom stereocenters. The van der Waals surface area contributed by atoms with Crippen molar-refractivity contribution in [3.8, 4) is 0 Å². The van der Waals surface area contributed by atoms with Crippen molar-refractivity contribution in [2.24, 2.45) is 0 Å². The zero-order chi connectivity index (χ0) is 11.3. The van der Waals surface area contributed by atoms with Crippen molar-refractivity contribution >= 4 is 23.3 Å². The van der Waals surface area contributed by atoms with Gasteiger partial charge in [0.05, 0.1) is 12.6 Å². The largest absolute Gasteiger partial charge is 0.394 e. The number of anilines is 1. The first kappa shape index (κ1) is 11.8. The van der Waals surface area contributed by atoms with Crippen molar-refractivity contribution in [1.29, 1.82) is 0 Å². The number of nitrogens with one attached hydrogen (secondary N) is 2. The number of carbonyl (C=O) groups excluding carboxylic acids is 1. The lowest BCUT2D eigenvalue weighted by Gasteiger charge is -2.11. The summed E-state index contributed by atoms with van der Waals surface area (Å²) in [6.07, 6.45) is 0. The van der Waals surface area contributed by atoms with Gasteiger partial charge in [-0.05, 0) is 31.2 Å². The summed E-state index contributed by atoms with van der Waals surface area (Å²) in [4.78, 5) is 11.3. The second kappa shape index (κ2) is 5.58. The lowest BCUT2D eigenvalue weighted by atomic mass is 10.3. The van der Waals surface area contributed by atoms with Crippen molar-refractivity contribution < 1.29 is 9.90 Å². The van der Waals surface area contributed by atoms with Gasteiger partial charge in [-0.1, -0.05) is 11.6 Å². The fourth-order valence-corrected chi connectivity index (χ4v) is 1.10. The van der Waals surface area contributed by atoms with Crippen LogP contribution in [-0.4, -0.2) is 23.8 Å². The lowest BCUT2D eigenvalue weighted by molar-refractivity contribution is 0.229. The Morgan fingerprint density at radius 3 is 2.60 bits per heavy atom. The van der Waals surface area contributed by atoms with Crippen LogP contribution in [0.3, 0.4) is 0 Å². The molecule has 1 atom stereocenters. The Morgan fingerprint density at radius 2 is 2.07 bits per heavy atom. The quantitative estimate of drug-likeness (QED) is 0.739. The van der Waals surface area contributed by atoms with E-state index in [1.165, 1.54) is 0 Å². The molecule has 0 bridgehead atoms. The van der Waals surface area contributed by atoms with Crippen molar-refractivity contribution in [1.82, 2.24) is 5.32 Å². The first-order valence-electron chi connectivity index (χ1n) is 4.55. The summed E-state index contributed by atoms with van der Waals surface area (Å²) in [5.41, 5.74) is 0.655. The highest BCUT2D eigenvalue weighted by Gasteiger charge is 2.05. The summed E-state index contributed by atoms with van der Waals surface area (Å²) in [6.45, 7) is 1.62. The Bertz CT molecular complexity index is 327. The van der Waals surface area contributed by atoms with E-state index in [4.69, 9.17) is 16.7 Å². The van der Waals surface area contributed by atoms with Gasteiger partial charge in [0.25, 0.3) is 0 Å². The van der Waals surface area contributed by atoms with E-state index in [-0.39, 0.29) is 18.7 Å². The minimum atomic E-state index is -0.348. The number of hydrogen-bond donors (Lipinski definition) is 3. The van der Waals surface area contributed by atoms with Crippen LogP contribution in [0.4, 0.5) is 10.5 Å². The van der Waals surface area contributed by atoms with E-state index in [1.54, 1.807) is 31.2 Å². The molecule has 3 N–H and O–H groups in total. The van der Waals surface area contributed by atoms with Crippen LogP contribution < -0.4 is 10.6 Å². The molecule has 1 aromatic carbocycles. The molecule has 15 heavy (non-hydrogen) atoms. The second-order valence-electron chi connectivity index (χ2n) is 3.19. The van der Waals surface area contributed by atoms with Crippen LogP contribution in [-0.2, 0) is 0 Å². The topological polar surface area (TPSA) is 61.4 Å². The van der Waals surface area contributed by atoms with Crippen LogP contribution >= 0.6 is 11.6 Å². The highest BCUT2D eigenvalue weighted by atomic mass is 35.5. The van der Waals surface area contributed by atoms with Gasteiger partial charge in [-0.25, -0.2) is 4.79 Å². The van der Waals surface area contributed by atoms with Gasteiger partial charge in [-0.15, -0.1) is 0 Å². The van der Waals surface area contributed by atoms with Crippen molar-refractivity contribution in [2.45, 2.75) is 13.0 Å². The highest BCUT2D eigenvalue weighted by Crippen LogP contribution is 2.12. The number of urea groups is 1. The molecule has 4 nitrogen and oxygen atoms in total. The zero-order valence-electron chi connectivity index (χ0n) is 8.33. The van der Waals surface area contributed by atoms with Crippen molar-refractivity contribution in [2.75, 3.05) is 11.9 Å². The van der Waals surface area contributed by atoms with Crippen LogP contribution in [0.25, 0.3) is 0 Å². The third kappa shape index (κ3) is 4.18. The molecular weight excluding hydrogens is 216 g/mol. The number of hydrogen-bond acceptors (Lipinski definition) is 2. The molecule has 1 rings (SSSR count). The van der Waals surface area contributed by atoms with Gasteiger partial charge < -0.3 is 15.7 Å². The number of carbonyl (C=O) groups is 1. The normalized spacial score (nSPS) is 11.9. The number of benzene rings is 1. The van der Waals surface area contributed by atoms with Crippen molar-refractivity contribution in [3.05, 3.63) is 29.3 Å². The second-order valence-corrected chi connectivity index (χ2v) is 3.63. The van der Waals surface area contributed by atoms with E-state index in [9.17, 15) is 4.79 Å². The fourth-order valence-electron chi connectivity index (χ4n) is 0.970. The van der Waals surface area contributed by atoms with E-state index in [0.717, 1.165) is 0 Å². The summed E-state index contributed by atoms with van der Waals surface area (Å²) in [6, 6.07) is 6.16. The summed E-state index contributed by atoms with van der Waals surface area (Å²) < 4.78 is 0. The van der Waals surface area contributed by atoms with E-state index in [1.807, 2.05) is 0 Å². The van der Waals surface area contributed by atoms with Gasteiger partial charge in [0.2, 0.25) is 0 Å². The number of rotatable bonds is 3. The van der Waals surface area contributed by atoms with E-state index < -0.39 is 0 Å². The number of aliphatic hydroxyl groups is 1. The SMILES string of the molecule is C[C@@H](CO)NC(=O)Nc1ccc(Cl)cc1. The maximum absolute atomic E-state index is 11.3. The highest BCUT2D eigenvalue weighted by molar-refractivity contribution is 6.30. The number of aliphatic hydroxyl groups excluding tert-OH is 1. The Hall–Kier alpha value is -1.26. The van der Waals surface area contributed by atoms with Crippen LogP contribution in [0.15, 0.2) is 24.3 Å². The molecule has 5 heteroatoms. The maximum atomic E-state index is 11.3. The first-order chi connectivity index (χ1) is 7.11. The van der Waals surface area contributed by atoms with Crippen LogP contribution in [0, 0.1) is 0 Å². The Kier molecular flexibility index (Phi) is 4.39.